The third-order valence-electron chi connectivity index (χ3n) is 4.81. The third kappa shape index (κ3) is 4.16. The van der Waals surface area contributed by atoms with Crippen LogP contribution in [-0.4, -0.2) is 21.9 Å². The van der Waals surface area contributed by atoms with Gasteiger partial charge >= 0.3 is 0 Å². The topological polar surface area (TPSA) is 66.9 Å². The number of carbonyl (C=O) groups is 1. The monoisotopic (exact) mass is 338 g/mol. The van der Waals surface area contributed by atoms with E-state index in [-0.39, 0.29) is 11.9 Å². The highest BCUT2D eigenvalue weighted by molar-refractivity contribution is 5.92. The van der Waals surface area contributed by atoms with Crippen LogP contribution in [-0.2, 0) is 12.8 Å². The summed E-state index contributed by atoms with van der Waals surface area (Å²) in [6, 6.07) is 8.25. The van der Waals surface area contributed by atoms with E-state index < -0.39 is 0 Å². The van der Waals surface area contributed by atoms with Gasteiger partial charge < -0.3 is 10.6 Å². The molecule has 0 spiro atoms. The second kappa shape index (κ2) is 8.10. The van der Waals surface area contributed by atoms with E-state index in [2.05, 4.69) is 52.6 Å². The number of carbonyl (C=O) groups excluding carboxylic acids is 1. The number of para-hydroxylation sites is 1. The fraction of sp³-hybridized carbons (Fsp3) is 0.450. The van der Waals surface area contributed by atoms with Crippen molar-refractivity contribution in [2.75, 3.05) is 5.32 Å². The molecule has 0 radical (unpaired) electrons. The molecular weight excluding hydrogens is 312 g/mol. The highest BCUT2D eigenvalue weighted by Gasteiger charge is 2.19. The molecule has 2 aromatic rings. The van der Waals surface area contributed by atoms with Gasteiger partial charge in [-0.1, -0.05) is 44.9 Å². The van der Waals surface area contributed by atoms with Crippen LogP contribution in [0.25, 0.3) is 0 Å². The van der Waals surface area contributed by atoms with Crippen molar-refractivity contribution in [2.45, 2.75) is 58.4 Å². The Labute approximate surface area is 149 Å². The van der Waals surface area contributed by atoms with Crippen molar-refractivity contribution in [3.8, 4) is 0 Å². The van der Waals surface area contributed by atoms with E-state index in [1.54, 1.807) is 12.3 Å². The molecule has 0 aliphatic heterocycles. The maximum Gasteiger partial charge on any atom is 0.270 e. The molecule has 5 nitrogen and oxygen atoms in total. The van der Waals surface area contributed by atoms with Crippen LogP contribution >= 0.6 is 0 Å². The van der Waals surface area contributed by atoms with Gasteiger partial charge in [-0.2, -0.15) is 0 Å². The summed E-state index contributed by atoms with van der Waals surface area (Å²) in [6.45, 7) is 4.26. The minimum absolute atomic E-state index is 0.114. The van der Waals surface area contributed by atoms with Crippen LogP contribution in [0.3, 0.4) is 0 Å². The molecule has 1 aliphatic rings. The van der Waals surface area contributed by atoms with E-state index >= 15 is 0 Å². The van der Waals surface area contributed by atoms with Crippen molar-refractivity contribution >= 4 is 17.5 Å². The van der Waals surface area contributed by atoms with Crippen molar-refractivity contribution in [3.05, 3.63) is 47.3 Å². The summed E-state index contributed by atoms with van der Waals surface area (Å²) in [4.78, 5) is 21.1. The zero-order valence-corrected chi connectivity index (χ0v) is 15.0. The van der Waals surface area contributed by atoms with E-state index in [4.69, 9.17) is 0 Å². The fourth-order valence-electron chi connectivity index (χ4n) is 3.39. The lowest BCUT2D eigenvalue weighted by Crippen LogP contribution is -2.33. The van der Waals surface area contributed by atoms with Crippen molar-refractivity contribution < 1.29 is 4.79 Å². The number of rotatable bonds is 6. The lowest BCUT2D eigenvalue weighted by atomic mass is 10.0. The van der Waals surface area contributed by atoms with Gasteiger partial charge in [0.1, 0.15) is 5.69 Å². The Bertz CT molecular complexity index is 716. The van der Waals surface area contributed by atoms with Gasteiger partial charge in [-0.25, -0.2) is 9.97 Å². The number of anilines is 2. The van der Waals surface area contributed by atoms with Gasteiger partial charge in [-0.05, 0) is 42.9 Å². The normalized spacial score (nSPS) is 14.5. The number of aryl methyl sites for hydroxylation is 2. The van der Waals surface area contributed by atoms with Gasteiger partial charge in [-0.3, -0.25) is 4.79 Å². The summed E-state index contributed by atoms with van der Waals surface area (Å²) in [5.74, 6) is 0.353. The molecule has 1 saturated carbocycles. The van der Waals surface area contributed by atoms with E-state index in [9.17, 15) is 4.79 Å². The van der Waals surface area contributed by atoms with Crippen LogP contribution in [0.1, 0.15) is 61.1 Å². The van der Waals surface area contributed by atoms with E-state index in [0.717, 1.165) is 31.4 Å². The van der Waals surface area contributed by atoms with Crippen molar-refractivity contribution in [2.24, 2.45) is 0 Å². The van der Waals surface area contributed by atoms with Crippen LogP contribution in [0.2, 0.25) is 0 Å². The number of amides is 1. The van der Waals surface area contributed by atoms with Gasteiger partial charge in [0.2, 0.25) is 5.95 Å². The number of aromatic nitrogens is 2. The van der Waals surface area contributed by atoms with Crippen LogP contribution in [0.5, 0.6) is 0 Å². The van der Waals surface area contributed by atoms with E-state index in [1.807, 2.05) is 0 Å². The molecule has 1 aliphatic carbocycles. The molecule has 0 unspecified atom stereocenters. The molecule has 1 amide bonds. The predicted molar refractivity (Wildman–Crippen MR) is 100 cm³/mol. The molecule has 0 bridgehead atoms. The predicted octanol–water partition coefficient (Wildman–Crippen LogP) is 4.02. The number of nitrogens with zero attached hydrogens (tertiary/aromatic N) is 2. The molecule has 1 aromatic carbocycles. The molecule has 1 aromatic heterocycles. The average molecular weight is 338 g/mol. The average Bonchev–Trinajstić information content (AvgIpc) is 3.15. The number of hydrogen-bond acceptors (Lipinski definition) is 4. The van der Waals surface area contributed by atoms with Crippen LogP contribution in [0, 0.1) is 0 Å². The molecule has 25 heavy (non-hydrogen) atoms. The Morgan fingerprint density at radius 2 is 1.80 bits per heavy atom. The lowest BCUT2D eigenvalue weighted by Gasteiger charge is -2.15. The minimum atomic E-state index is -0.114. The largest absolute Gasteiger partial charge is 0.348 e. The summed E-state index contributed by atoms with van der Waals surface area (Å²) >= 11 is 0. The fourth-order valence-corrected chi connectivity index (χ4v) is 3.39. The quantitative estimate of drug-likeness (QED) is 0.835. The van der Waals surface area contributed by atoms with Gasteiger partial charge in [0.15, 0.2) is 0 Å². The second-order valence-corrected chi connectivity index (χ2v) is 6.50. The molecule has 1 fully saturated rings. The first-order valence-electron chi connectivity index (χ1n) is 9.23. The summed E-state index contributed by atoms with van der Waals surface area (Å²) in [5, 5.41) is 6.40. The maximum atomic E-state index is 12.4. The Morgan fingerprint density at radius 3 is 2.44 bits per heavy atom. The molecule has 0 atom stereocenters. The van der Waals surface area contributed by atoms with Crippen LogP contribution in [0.15, 0.2) is 30.5 Å². The van der Waals surface area contributed by atoms with Crippen molar-refractivity contribution in [1.82, 2.24) is 15.3 Å². The highest BCUT2D eigenvalue weighted by atomic mass is 16.1. The zero-order valence-electron chi connectivity index (χ0n) is 15.0. The Morgan fingerprint density at radius 1 is 1.12 bits per heavy atom. The molecule has 2 N–H and O–H groups in total. The Kier molecular flexibility index (Phi) is 5.64. The standard InChI is InChI=1S/C20H26N4O/c1-3-14-8-7-9-15(4-2)18(14)24-20-21-13-12-17(23-20)19(25)22-16-10-5-6-11-16/h7-9,12-13,16H,3-6,10-11H2,1-2H3,(H,22,25)(H,21,23,24). The maximum absolute atomic E-state index is 12.4. The van der Waals surface area contributed by atoms with Gasteiger partial charge in [0.25, 0.3) is 5.91 Å². The Balaban J connectivity index is 1.79. The van der Waals surface area contributed by atoms with Crippen molar-refractivity contribution in [1.29, 1.82) is 0 Å². The molecular formula is C20H26N4O. The lowest BCUT2D eigenvalue weighted by molar-refractivity contribution is 0.0933. The van der Waals surface area contributed by atoms with Gasteiger partial charge in [0.05, 0.1) is 0 Å². The zero-order chi connectivity index (χ0) is 17.6. The number of benzene rings is 1. The van der Waals surface area contributed by atoms with E-state index in [0.29, 0.717) is 11.6 Å². The minimum Gasteiger partial charge on any atom is -0.348 e. The smallest absolute Gasteiger partial charge is 0.270 e. The molecule has 1 heterocycles. The molecule has 132 valence electrons. The number of hydrogen-bond donors (Lipinski definition) is 2. The first-order valence-corrected chi connectivity index (χ1v) is 9.23. The molecule has 3 rings (SSSR count). The van der Waals surface area contributed by atoms with Crippen LogP contribution < -0.4 is 10.6 Å². The first-order chi connectivity index (χ1) is 12.2. The second-order valence-electron chi connectivity index (χ2n) is 6.50. The summed E-state index contributed by atoms with van der Waals surface area (Å²) < 4.78 is 0. The number of nitrogens with one attached hydrogen (secondary N) is 2. The summed E-state index contributed by atoms with van der Waals surface area (Å²) in [7, 11) is 0. The summed E-state index contributed by atoms with van der Waals surface area (Å²) in [6.07, 6.45) is 8.00. The molecule has 5 heteroatoms. The van der Waals surface area contributed by atoms with Gasteiger partial charge in [0, 0.05) is 17.9 Å². The highest BCUT2D eigenvalue weighted by Crippen LogP contribution is 2.25. The summed E-state index contributed by atoms with van der Waals surface area (Å²) in [5.41, 5.74) is 3.92. The molecule has 0 saturated heterocycles. The van der Waals surface area contributed by atoms with Crippen LogP contribution in [0.4, 0.5) is 11.6 Å². The Hall–Kier alpha value is -2.43. The van der Waals surface area contributed by atoms with Crippen molar-refractivity contribution in [3.63, 3.8) is 0 Å². The van der Waals surface area contributed by atoms with E-state index in [1.165, 1.54) is 24.0 Å². The third-order valence-corrected chi connectivity index (χ3v) is 4.81. The first kappa shape index (κ1) is 17.4. The SMILES string of the molecule is CCc1cccc(CC)c1Nc1nccc(C(=O)NC2CCCC2)n1. The van der Waals surface area contributed by atoms with Gasteiger partial charge in [-0.15, -0.1) is 0 Å².